The molecule has 0 saturated carbocycles. The highest BCUT2D eigenvalue weighted by Gasteiger charge is 2.30. The van der Waals surface area contributed by atoms with Crippen LogP contribution in [0.2, 0.25) is 0 Å². The Labute approximate surface area is 90.1 Å². The molecule has 2 rings (SSSR count). The second-order valence-electron chi connectivity index (χ2n) is 3.33. The van der Waals surface area contributed by atoms with Crippen LogP contribution < -0.4 is 4.67 Å². The van der Waals surface area contributed by atoms with Gasteiger partial charge in [-0.25, -0.2) is 22.0 Å². The molecule has 0 N–H and O–H groups in total. The lowest BCUT2D eigenvalue weighted by Gasteiger charge is -2.19. The maximum atomic E-state index is 13.3. The van der Waals surface area contributed by atoms with Crippen molar-refractivity contribution in [1.29, 1.82) is 0 Å². The van der Waals surface area contributed by atoms with Crippen molar-refractivity contribution in [2.45, 2.75) is 6.42 Å². The molecule has 0 aromatic heterocycles. The van der Waals surface area contributed by atoms with Crippen molar-refractivity contribution in [3.8, 4) is 0 Å². The molecule has 0 spiro atoms. The first-order chi connectivity index (χ1) is 7.54. The van der Waals surface area contributed by atoms with E-state index in [4.69, 9.17) is 0 Å². The molecule has 0 amide bonds. The topological polar surface area (TPSA) is 3.24 Å². The molecule has 1 aromatic rings. The molecular formula is C9H7F5NP. The smallest absolute Gasteiger partial charge is 0.200 e. The molecule has 0 aliphatic carbocycles. The van der Waals surface area contributed by atoms with Gasteiger partial charge in [-0.05, 0) is 21.3 Å². The van der Waals surface area contributed by atoms with E-state index in [-0.39, 0.29) is 8.73 Å². The molecule has 0 bridgehead atoms. The van der Waals surface area contributed by atoms with Crippen molar-refractivity contribution in [2.24, 2.45) is 0 Å². The van der Waals surface area contributed by atoms with Crippen LogP contribution >= 0.6 is 8.73 Å². The molecule has 1 nitrogen and oxygen atoms in total. The first-order valence-corrected chi connectivity index (χ1v) is 5.72. The zero-order valence-corrected chi connectivity index (χ0v) is 8.96. The van der Waals surface area contributed by atoms with E-state index in [1.54, 1.807) is 0 Å². The number of rotatable bonds is 1. The average Bonchev–Trinajstić information content (AvgIpc) is 2.77. The van der Waals surface area contributed by atoms with Crippen LogP contribution in [-0.4, -0.2) is 12.7 Å². The average molecular weight is 255 g/mol. The van der Waals surface area contributed by atoms with Gasteiger partial charge >= 0.3 is 0 Å². The third kappa shape index (κ3) is 1.65. The molecule has 1 aliphatic heterocycles. The van der Waals surface area contributed by atoms with Gasteiger partial charge in [-0.2, -0.15) is 0 Å². The zero-order valence-electron chi connectivity index (χ0n) is 7.96. The number of nitrogens with zero attached hydrogens (tertiary/aromatic N) is 1. The van der Waals surface area contributed by atoms with E-state index in [1.807, 2.05) is 0 Å². The normalized spacial score (nSPS) is 17.4. The summed E-state index contributed by atoms with van der Waals surface area (Å²) in [5.74, 6) is -9.37. The highest BCUT2D eigenvalue weighted by atomic mass is 31.1. The van der Waals surface area contributed by atoms with Gasteiger partial charge in [0.2, 0.25) is 5.82 Å². The van der Waals surface area contributed by atoms with Crippen LogP contribution in [0.3, 0.4) is 0 Å². The van der Waals surface area contributed by atoms with E-state index >= 15 is 0 Å². The number of hydrogen-bond acceptors (Lipinski definition) is 1. The monoisotopic (exact) mass is 255 g/mol. The Morgan fingerprint density at radius 3 is 1.75 bits per heavy atom. The quantitative estimate of drug-likeness (QED) is 0.322. The van der Waals surface area contributed by atoms with Gasteiger partial charge in [-0.3, -0.25) is 0 Å². The summed E-state index contributed by atoms with van der Waals surface area (Å²) < 4.78 is 66.3. The Bertz CT molecular complexity index is 401. The molecule has 0 radical (unpaired) electrons. The highest BCUT2D eigenvalue weighted by Crippen LogP contribution is 2.39. The van der Waals surface area contributed by atoms with Crippen LogP contribution in [0.5, 0.6) is 0 Å². The van der Waals surface area contributed by atoms with E-state index in [1.165, 1.54) is 4.67 Å². The zero-order chi connectivity index (χ0) is 11.9. The highest BCUT2D eigenvalue weighted by molar-refractivity contribution is 7.40. The van der Waals surface area contributed by atoms with Gasteiger partial charge in [-0.15, -0.1) is 0 Å². The van der Waals surface area contributed by atoms with E-state index < -0.39 is 34.8 Å². The fourth-order valence-electron chi connectivity index (χ4n) is 1.55. The maximum absolute atomic E-state index is 13.3. The summed E-state index contributed by atoms with van der Waals surface area (Å²) in [4.78, 5) is 0. The summed E-state index contributed by atoms with van der Waals surface area (Å²) in [6.07, 6.45) is 1.40. The van der Waals surface area contributed by atoms with Crippen LogP contribution in [0.1, 0.15) is 6.42 Å². The van der Waals surface area contributed by atoms with Crippen molar-refractivity contribution in [3.05, 3.63) is 29.1 Å². The predicted molar refractivity (Wildman–Crippen MR) is 51.4 cm³/mol. The van der Waals surface area contributed by atoms with Crippen molar-refractivity contribution in [1.82, 2.24) is 0 Å². The lowest BCUT2D eigenvalue weighted by molar-refractivity contribution is 0.380. The Hall–Kier alpha value is -0.900. The summed E-state index contributed by atoms with van der Waals surface area (Å²) in [5, 5.41) is 0. The summed E-state index contributed by atoms with van der Waals surface area (Å²) in [6, 6.07) is 0. The van der Waals surface area contributed by atoms with Crippen LogP contribution in [0.25, 0.3) is 0 Å². The third-order valence-corrected chi connectivity index (χ3v) is 3.72. The number of hydrogen-bond donors (Lipinski definition) is 0. The summed E-state index contributed by atoms with van der Waals surface area (Å²) in [5.41, 5.74) is -0.799. The number of halogens is 5. The summed E-state index contributed by atoms with van der Waals surface area (Å²) in [7, 11) is 0.0570. The summed E-state index contributed by atoms with van der Waals surface area (Å²) in [6.45, 7) is 0.316. The molecule has 7 heteroatoms. The first kappa shape index (κ1) is 11.6. The van der Waals surface area contributed by atoms with Crippen molar-refractivity contribution in [2.75, 3.05) is 17.4 Å². The van der Waals surface area contributed by atoms with E-state index in [0.29, 0.717) is 19.1 Å². The Kier molecular flexibility index (Phi) is 3.02. The van der Waals surface area contributed by atoms with Gasteiger partial charge in [0.15, 0.2) is 23.3 Å². The van der Waals surface area contributed by atoms with Crippen molar-refractivity contribution in [3.63, 3.8) is 0 Å². The molecule has 1 unspecified atom stereocenters. The Balaban J connectivity index is 2.59. The van der Waals surface area contributed by atoms with Crippen LogP contribution in [0.4, 0.5) is 27.6 Å². The van der Waals surface area contributed by atoms with Gasteiger partial charge in [0.1, 0.15) is 5.69 Å². The van der Waals surface area contributed by atoms with Gasteiger partial charge in [0.05, 0.1) is 0 Å². The first-order valence-electron chi connectivity index (χ1n) is 4.56. The van der Waals surface area contributed by atoms with Crippen molar-refractivity contribution < 1.29 is 22.0 Å². The molecule has 16 heavy (non-hydrogen) atoms. The molecule has 1 fully saturated rings. The van der Waals surface area contributed by atoms with E-state index in [0.717, 1.165) is 0 Å². The van der Waals surface area contributed by atoms with Gasteiger partial charge in [0, 0.05) is 6.54 Å². The second kappa shape index (κ2) is 4.17. The fraction of sp³-hybridized carbons (Fsp3) is 0.333. The molecule has 88 valence electrons. The van der Waals surface area contributed by atoms with Gasteiger partial charge in [0.25, 0.3) is 0 Å². The van der Waals surface area contributed by atoms with Gasteiger partial charge in [-0.1, -0.05) is 0 Å². The number of benzene rings is 1. The van der Waals surface area contributed by atoms with E-state index in [9.17, 15) is 22.0 Å². The number of anilines is 1. The fourth-order valence-corrected chi connectivity index (χ4v) is 2.81. The molecule has 1 saturated heterocycles. The molecule has 1 heterocycles. The molecular weight excluding hydrogens is 248 g/mol. The van der Waals surface area contributed by atoms with Crippen LogP contribution in [0.15, 0.2) is 0 Å². The molecule has 1 aromatic carbocycles. The standard InChI is InChI=1S/C9H7F5NP/c10-4-5(11)7(13)9(8(14)6(4)12)15-2-1-3-16-15/h16H,1-3H2. The maximum Gasteiger partial charge on any atom is 0.200 e. The minimum Gasteiger partial charge on any atom is -0.348 e. The third-order valence-electron chi connectivity index (χ3n) is 2.32. The van der Waals surface area contributed by atoms with Gasteiger partial charge < -0.3 is 4.67 Å². The minimum atomic E-state index is -2.11. The molecule has 1 atom stereocenters. The minimum absolute atomic E-state index is 0.0570. The second-order valence-corrected chi connectivity index (χ2v) is 4.69. The predicted octanol–water partition coefficient (Wildman–Crippen LogP) is 3.19. The lowest BCUT2D eigenvalue weighted by atomic mass is 10.2. The molecule has 1 aliphatic rings. The summed E-state index contributed by atoms with van der Waals surface area (Å²) >= 11 is 0. The largest absolute Gasteiger partial charge is 0.348 e. The van der Waals surface area contributed by atoms with Crippen molar-refractivity contribution >= 4 is 14.4 Å². The SMILES string of the molecule is Fc1c(F)c(F)c(N2CCCP2)c(F)c1F. The van der Waals surface area contributed by atoms with E-state index in [2.05, 4.69) is 0 Å². The van der Waals surface area contributed by atoms with Crippen LogP contribution in [0, 0.1) is 29.1 Å². The Morgan fingerprint density at radius 1 is 0.812 bits per heavy atom. The lowest BCUT2D eigenvalue weighted by Crippen LogP contribution is -2.15. The Morgan fingerprint density at radius 2 is 1.31 bits per heavy atom. The van der Waals surface area contributed by atoms with Crippen LogP contribution in [-0.2, 0) is 0 Å².